The lowest BCUT2D eigenvalue weighted by atomic mass is 9.63. The van der Waals surface area contributed by atoms with Gasteiger partial charge >= 0.3 is 0 Å². The highest BCUT2D eigenvalue weighted by atomic mass is 16.2. The minimum Gasteiger partial charge on any atom is -0.347 e. The third-order valence-electron chi connectivity index (χ3n) is 8.61. The summed E-state index contributed by atoms with van der Waals surface area (Å²) in [4.78, 5) is 30.5. The Labute approximate surface area is 213 Å². The zero-order valence-electron chi connectivity index (χ0n) is 22.7. The largest absolute Gasteiger partial charge is 0.347 e. The summed E-state index contributed by atoms with van der Waals surface area (Å²) in [6, 6.07) is 8.51. The molecule has 1 aromatic rings. The molecule has 2 amide bonds. The minimum absolute atomic E-state index is 0.0294. The number of carbonyl (C=O) groups is 2. The van der Waals surface area contributed by atoms with Crippen molar-refractivity contribution in [3.63, 3.8) is 0 Å². The molecule has 3 aliphatic rings. The van der Waals surface area contributed by atoms with Crippen molar-refractivity contribution in [2.75, 3.05) is 26.2 Å². The van der Waals surface area contributed by atoms with Crippen LogP contribution in [0.3, 0.4) is 0 Å². The predicted molar refractivity (Wildman–Crippen MR) is 142 cm³/mol. The molecular formula is C30H47N3O2. The molecule has 0 aromatic heterocycles. The highest BCUT2D eigenvalue weighted by Gasteiger charge is 2.43. The van der Waals surface area contributed by atoms with Crippen molar-refractivity contribution < 1.29 is 9.59 Å². The highest BCUT2D eigenvalue weighted by molar-refractivity contribution is 5.88. The van der Waals surface area contributed by atoms with E-state index in [9.17, 15) is 9.59 Å². The van der Waals surface area contributed by atoms with E-state index in [1.807, 2.05) is 4.90 Å². The van der Waals surface area contributed by atoms with E-state index < -0.39 is 0 Å². The van der Waals surface area contributed by atoms with Crippen LogP contribution in [0, 0.1) is 11.3 Å². The molecule has 0 radical (unpaired) electrons. The van der Waals surface area contributed by atoms with E-state index in [2.05, 4.69) is 69.1 Å². The molecule has 194 valence electrons. The van der Waals surface area contributed by atoms with Crippen LogP contribution in [-0.2, 0) is 15.0 Å². The Morgan fingerprint density at radius 3 is 2.46 bits per heavy atom. The molecule has 0 unspecified atom stereocenters. The van der Waals surface area contributed by atoms with Crippen LogP contribution in [0.25, 0.3) is 0 Å². The van der Waals surface area contributed by atoms with Crippen molar-refractivity contribution >= 4 is 11.8 Å². The maximum Gasteiger partial charge on any atom is 0.243 e. The topological polar surface area (TPSA) is 52.7 Å². The fraction of sp³-hybridized carbons (Fsp3) is 0.733. The number of amides is 2. The summed E-state index contributed by atoms with van der Waals surface area (Å²) in [6.45, 7) is 15.5. The summed E-state index contributed by atoms with van der Waals surface area (Å²) in [5.41, 5.74) is 3.36. The maximum absolute atomic E-state index is 13.5. The van der Waals surface area contributed by atoms with Crippen LogP contribution in [-0.4, -0.2) is 53.8 Å². The summed E-state index contributed by atoms with van der Waals surface area (Å²) < 4.78 is 0. The average Bonchev–Trinajstić information content (AvgIpc) is 3.24. The number of nitrogens with zero attached hydrogens (tertiary/aromatic N) is 2. The summed E-state index contributed by atoms with van der Waals surface area (Å²) >= 11 is 0. The van der Waals surface area contributed by atoms with Gasteiger partial charge in [-0.1, -0.05) is 58.9 Å². The van der Waals surface area contributed by atoms with E-state index in [4.69, 9.17) is 0 Å². The first-order chi connectivity index (χ1) is 16.6. The van der Waals surface area contributed by atoms with Crippen LogP contribution in [0.15, 0.2) is 24.3 Å². The van der Waals surface area contributed by atoms with E-state index in [0.29, 0.717) is 24.3 Å². The van der Waals surface area contributed by atoms with Gasteiger partial charge in [-0.3, -0.25) is 9.59 Å². The summed E-state index contributed by atoms with van der Waals surface area (Å²) in [7, 11) is 0. The van der Waals surface area contributed by atoms with Crippen LogP contribution in [0.4, 0.5) is 0 Å². The first kappa shape index (κ1) is 26.2. The van der Waals surface area contributed by atoms with E-state index >= 15 is 0 Å². The Kier molecular flexibility index (Phi) is 7.95. The standard InChI is InChI=1S/C30H47N3O2/c1-22(2)21-26(33-17-8-11-27(33)34)28(35)31-25-12-13-30(24-10-7-6-9-23(24)25)15-19-32(20-16-30)18-14-29(3,4)5/h6-7,9-10,22,25-26H,8,11-21H2,1-5H3,(H,31,35)/t25-,26+/m1/s1. The normalized spacial score (nSPS) is 23.5. The summed E-state index contributed by atoms with van der Waals surface area (Å²) in [6.07, 6.45) is 7.90. The number of nitrogens with one attached hydrogen (secondary N) is 1. The molecule has 1 aliphatic carbocycles. The Bertz CT molecular complexity index is 895. The molecule has 2 saturated heterocycles. The zero-order valence-corrected chi connectivity index (χ0v) is 22.7. The van der Waals surface area contributed by atoms with Gasteiger partial charge in [0.05, 0.1) is 6.04 Å². The molecular weight excluding hydrogens is 434 g/mol. The fourth-order valence-electron chi connectivity index (χ4n) is 6.45. The van der Waals surface area contributed by atoms with Crippen LogP contribution in [0.1, 0.15) is 103 Å². The minimum atomic E-state index is -0.348. The van der Waals surface area contributed by atoms with Crippen molar-refractivity contribution in [2.24, 2.45) is 11.3 Å². The van der Waals surface area contributed by atoms with Crippen LogP contribution in [0.2, 0.25) is 0 Å². The van der Waals surface area contributed by atoms with Gasteiger partial charge in [0.2, 0.25) is 11.8 Å². The Morgan fingerprint density at radius 2 is 1.83 bits per heavy atom. The molecule has 4 rings (SSSR count). The van der Waals surface area contributed by atoms with Crippen molar-refractivity contribution in [3.8, 4) is 0 Å². The molecule has 1 spiro atoms. The molecule has 5 nitrogen and oxygen atoms in total. The fourth-order valence-corrected chi connectivity index (χ4v) is 6.45. The van der Waals surface area contributed by atoms with E-state index in [1.54, 1.807) is 0 Å². The van der Waals surface area contributed by atoms with Crippen LogP contribution >= 0.6 is 0 Å². The smallest absolute Gasteiger partial charge is 0.243 e. The molecule has 35 heavy (non-hydrogen) atoms. The van der Waals surface area contributed by atoms with Gasteiger partial charge in [-0.15, -0.1) is 0 Å². The Balaban J connectivity index is 1.46. The SMILES string of the molecule is CC(C)C[C@@H](C(=O)N[C@@H]1CCC2(CCN(CCC(C)(C)C)CC2)c2ccccc21)N1CCCC1=O. The molecule has 2 heterocycles. The van der Waals surface area contributed by atoms with Gasteiger partial charge < -0.3 is 15.1 Å². The summed E-state index contributed by atoms with van der Waals surface area (Å²) in [5.74, 6) is 0.526. The highest BCUT2D eigenvalue weighted by Crippen LogP contribution is 2.48. The number of hydrogen-bond donors (Lipinski definition) is 1. The Hall–Kier alpha value is -1.88. The van der Waals surface area contributed by atoms with Gasteiger partial charge in [0.25, 0.3) is 0 Å². The molecule has 2 atom stereocenters. The second-order valence-corrected chi connectivity index (χ2v) is 13.0. The molecule has 2 fully saturated rings. The molecule has 1 aromatic carbocycles. The molecule has 0 saturated carbocycles. The molecule has 2 aliphatic heterocycles. The van der Waals surface area contributed by atoms with Gasteiger partial charge in [0.1, 0.15) is 6.04 Å². The lowest BCUT2D eigenvalue weighted by molar-refractivity contribution is -0.138. The van der Waals surface area contributed by atoms with Crippen molar-refractivity contribution in [3.05, 3.63) is 35.4 Å². The van der Waals surface area contributed by atoms with E-state index in [-0.39, 0.29) is 29.3 Å². The maximum atomic E-state index is 13.5. The second-order valence-electron chi connectivity index (χ2n) is 13.0. The number of rotatable bonds is 7. The van der Waals surface area contributed by atoms with E-state index in [0.717, 1.165) is 38.8 Å². The number of piperidine rings is 1. The molecule has 5 heteroatoms. The molecule has 0 bridgehead atoms. The number of carbonyl (C=O) groups excluding carboxylic acids is 2. The lowest BCUT2D eigenvalue weighted by Gasteiger charge is -2.47. The number of fused-ring (bicyclic) bond motifs is 2. The van der Waals surface area contributed by atoms with Gasteiger partial charge in [-0.25, -0.2) is 0 Å². The quantitative estimate of drug-likeness (QED) is 0.564. The van der Waals surface area contributed by atoms with Gasteiger partial charge in [-0.2, -0.15) is 0 Å². The van der Waals surface area contributed by atoms with Crippen LogP contribution < -0.4 is 5.32 Å². The number of likely N-dealkylation sites (tertiary alicyclic amines) is 2. The van der Waals surface area contributed by atoms with Crippen molar-refractivity contribution in [1.29, 1.82) is 0 Å². The number of hydrogen-bond acceptors (Lipinski definition) is 3. The van der Waals surface area contributed by atoms with Gasteiger partial charge in [0.15, 0.2) is 0 Å². The molecule has 1 N–H and O–H groups in total. The van der Waals surface area contributed by atoms with Gasteiger partial charge in [-0.05, 0) is 92.5 Å². The van der Waals surface area contributed by atoms with Gasteiger partial charge in [0, 0.05) is 13.0 Å². The Morgan fingerprint density at radius 1 is 1.11 bits per heavy atom. The van der Waals surface area contributed by atoms with Crippen LogP contribution in [0.5, 0.6) is 0 Å². The number of benzene rings is 1. The third-order valence-corrected chi connectivity index (χ3v) is 8.61. The summed E-state index contributed by atoms with van der Waals surface area (Å²) in [5, 5.41) is 3.40. The van der Waals surface area contributed by atoms with E-state index in [1.165, 1.54) is 36.9 Å². The predicted octanol–water partition coefficient (Wildman–Crippen LogP) is 5.44. The van der Waals surface area contributed by atoms with Crippen molar-refractivity contribution in [2.45, 2.75) is 103 Å². The first-order valence-corrected chi connectivity index (χ1v) is 14.0. The first-order valence-electron chi connectivity index (χ1n) is 14.0. The van der Waals surface area contributed by atoms with Crippen molar-refractivity contribution in [1.82, 2.24) is 15.1 Å². The zero-order chi connectivity index (χ0) is 25.2. The monoisotopic (exact) mass is 481 g/mol. The lowest BCUT2D eigenvalue weighted by Crippen LogP contribution is -2.51. The third kappa shape index (κ3) is 6.10. The average molecular weight is 482 g/mol. The second kappa shape index (κ2) is 10.6.